The second-order valence-corrected chi connectivity index (χ2v) is 6.02. The van der Waals surface area contributed by atoms with Crippen molar-refractivity contribution in [3.8, 4) is 0 Å². The van der Waals surface area contributed by atoms with E-state index in [4.69, 9.17) is 11.6 Å². The van der Waals surface area contributed by atoms with Crippen LogP contribution in [0.25, 0.3) is 11.6 Å². The molecule has 0 spiro atoms. The van der Waals surface area contributed by atoms with Crippen LogP contribution in [0.5, 0.6) is 0 Å². The van der Waals surface area contributed by atoms with E-state index in [1.54, 1.807) is 0 Å². The Balaban J connectivity index is 1.85. The summed E-state index contributed by atoms with van der Waals surface area (Å²) in [7, 11) is 0. The minimum atomic E-state index is -0.130. The SMILES string of the molecule is O=C(NCc1ccccc1Cl)C(=Cc1ccccc1)c1ccccc1. The molecule has 124 valence electrons. The van der Waals surface area contributed by atoms with Crippen LogP contribution in [-0.4, -0.2) is 5.91 Å². The van der Waals surface area contributed by atoms with Gasteiger partial charge in [-0.05, 0) is 28.8 Å². The Hall–Kier alpha value is -2.84. The average molecular weight is 348 g/mol. The summed E-state index contributed by atoms with van der Waals surface area (Å²) in [6, 6.07) is 27.0. The van der Waals surface area contributed by atoms with Gasteiger partial charge in [-0.15, -0.1) is 0 Å². The van der Waals surface area contributed by atoms with Crippen LogP contribution in [0.2, 0.25) is 5.02 Å². The van der Waals surface area contributed by atoms with Crippen LogP contribution in [0.15, 0.2) is 84.9 Å². The second-order valence-electron chi connectivity index (χ2n) is 5.61. The molecule has 0 heterocycles. The molecule has 1 N–H and O–H groups in total. The second kappa shape index (κ2) is 8.32. The van der Waals surface area contributed by atoms with Crippen molar-refractivity contribution in [2.75, 3.05) is 0 Å². The van der Waals surface area contributed by atoms with Gasteiger partial charge in [0.15, 0.2) is 0 Å². The summed E-state index contributed by atoms with van der Waals surface area (Å²) in [6.45, 7) is 0.386. The smallest absolute Gasteiger partial charge is 0.252 e. The van der Waals surface area contributed by atoms with Crippen LogP contribution < -0.4 is 5.32 Å². The van der Waals surface area contributed by atoms with Crippen LogP contribution in [-0.2, 0) is 11.3 Å². The van der Waals surface area contributed by atoms with Crippen molar-refractivity contribution < 1.29 is 4.79 Å². The Morgan fingerprint density at radius 1 is 0.840 bits per heavy atom. The van der Waals surface area contributed by atoms with Gasteiger partial charge >= 0.3 is 0 Å². The van der Waals surface area contributed by atoms with Gasteiger partial charge in [0.1, 0.15) is 0 Å². The standard InChI is InChI=1S/C22H18ClNO/c23-21-14-8-7-13-19(21)16-24-22(25)20(18-11-5-2-6-12-18)15-17-9-3-1-4-10-17/h1-15H,16H2,(H,24,25). The van der Waals surface area contributed by atoms with Gasteiger partial charge in [0.05, 0.1) is 0 Å². The van der Waals surface area contributed by atoms with Crippen molar-refractivity contribution in [1.82, 2.24) is 5.32 Å². The first-order chi connectivity index (χ1) is 12.2. The lowest BCUT2D eigenvalue weighted by molar-refractivity contribution is -0.115. The minimum absolute atomic E-state index is 0.130. The summed E-state index contributed by atoms with van der Waals surface area (Å²) in [4.78, 5) is 12.8. The maximum atomic E-state index is 12.8. The molecule has 0 saturated heterocycles. The lowest BCUT2D eigenvalue weighted by atomic mass is 10.0. The molecule has 3 rings (SSSR count). The molecule has 0 fully saturated rings. The van der Waals surface area contributed by atoms with Crippen molar-refractivity contribution in [2.24, 2.45) is 0 Å². The molecule has 3 heteroatoms. The highest BCUT2D eigenvalue weighted by Gasteiger charge is 2.12. The van der Waals surface area contributed by atoms with Crippen molar-refractivity contribution in [1.29, 1.82) is 0 Å². The summed E-state index contributed by atoms with van der Waals surface area (Å²) in [5, 5.41) is 3.62. The third kappa shape index (κ3) is 4.59. The molecule has 25 heavy (non-hydrogen) atoms. The van der Waals surface area contributed by atoms with Gasteiger partial charge in [-0.1, -0.05) is 90.5 Å². The lowest BCUT2D eigenvalue weighted by Crippen LogP contribution is -2.24. The van der Waals surface area contributed by atoms with Gasteiger partial charge in [0.2, 0.25) is 0 Å². The number of amides is 1. The summed E-state index contributed by atoms with van der Waals surface area (Å²) in [6.07, 6.45) is 1.90. The zero-order valence-electron chi connectivity index (χ0n) is 13.7. The van der Waals surface area contributed by atoms with Gasteiger partial charge in [0.25, 0.3) is 5.91 Å². The predicted octanol–water partition coefficient (Wildman–Crippen LogP) is 5.20. The largest absolute Gasteiger partial charge is 0.348 e. The number of benzene rings is 3. The highest BCUT2D eigenvalue weighted by Crippen LogP contribution is 2.20. The quantitative estimate of drug-likeness (QED) is 0.499. The van der Waals surface area contributed by atoms with Crippen molar-refractivity contribution in [3.05, 3.63) is 107 Å². The maximum absolute atomic E-state index is 12.8. The molecule has 0 aromatic heterocycles. The van der Waals surface area contributed by atoms with Crippen LogP contribution in [0.1, 0.15) is 16.7 Å². The molecule has 3 aromatic carbocycles. The van der Waals surface area contributed by atoms with Crippen LogP contribution in [0.3, 0.4) is 0 Å². The predicted molar refractivity (Wildman–Crippen MR) is 104 cm³/mol. The van der Waals surface area contributed by atoms with Gasteiger partial charge in [-0.3, -0.25) is 4.79 Å². The molecule has 0 aliphatic carbocycles. The van der Waals surface area contributed by atoms with Gasteiger partial charge in [-0.2, -0.15) is 0 Å². The zero-order chi connectivity index (χ0) is 17.5. The number of halogens is 1. The van der Waals surface area contributed by atoms with E-state index in [0.29, 0.717) is 17.1 Å². The molecule has 0 saturated carbocycles. The Labute approximate surface area is 152 Å². The van der Waals surface area contributed by atoms with Crippen LogP contribution in [0, 0.1) is 0 Å². The monoisotopic (exact) mass is 347 g/mol. The first-order valence-corrected chi connectivity index (χ1v) is 8.45. The third-order valence-electron chi connectivity index (χ3n) is 3.84. The van der Waals surface area contributed by atoms with Gasteiger partial charge < -0.3 is 5.32 Å². The van der Waals surface area contributed by atoms with E-state index in [0.717, 1.165) is 16.7 Å². The molecule has 0 radical (unpaired) electrons. The first-order valence-electron chi connectivity index (χ1n) is 8.08. The van der Waals surface area contributed by atoms with Crippen LogP contribution >= 0.6 is 11.6 Å². The van der Waals surface area contributed by atoms with E-state index in [-0.39, 0.29) is 5.91 Å². The minimum Gasteiger partial charge on any atom is -0.348 e. The fraction of sp³-hybridized carbons (Fsp3) is 0.0455. The molecular weight excluding hydrogens is 330 g/mol. The van der Waals surface area contributed by atoms with Gasteiger partial charge in [0, 0.05) is 17.1 Å². The number of nitrogens with one attached hydrogen (secondary N) is 1. The highest BCUT2D eigenvalue weighted by atomic mass is 35.5. The topological polar surface area (TPSA) is 29.1 Å². The molecule has 0 bridgehead atoms. The van der Waals surface area contributed by atoms with E-state index in [1.165, 1.54) is 0 Å². The Morgan fingerprint density at radius 2 is 1.44 bits per heavy atom. The molecule has 0 aliphatic rings. The third-order valence-corrected chi connectivity index (χ3v) is 4.21. The van der Waals surface area contributed by atoms with E-state index in [2.05, 4.69) is 5.32 Å². The normalized spacial score (nSPS) is 11.2. The van der Waals surface area contributed by atoms with E-state index >= 15 is 0 Å². The molecule has 0 aliphatic heterocycles. The Bertz CT molecular complexity index is 873. The number of hydrogen-bond donors (Lipinski definition) is 1. The fourth-order valence-corrected chi connectivity index (χ4v) is 2.73. The molecule has 2 nitrogen and oxygen atoms in total. The van der Waals surface area contributed by atoms with Crippen LogP contribution in [0.4, 0.5) is 0 Å². The lowest BCUT2D eigenvalue weighted by Gasteiger charge is -2.11. The summed E-state index contributed by atoms with van der Waals surface area (Å²) in [5.74, 6) is -0.130. The van der Waals surface area contributed by atoms with Crippen molar-refractivity contribution in [2.45, 2.75) is 6.54 Å². The Kier molecular flexibility index (Phi) is 5.65. The maximum Gasteiger partial charge on any atom is 0.252 e. The molecule has 3 aromatic rings. The number of carbonyl (C=O) groups excluding carboxylic acids is 1. The van der Waals surface area contributed by atoms with E-state index < -0.39 is 0 Å². The average Bonchev–Trinajstić information content (AvgIpc) is 2.67. The van der Waals surface area contributed by atoms with Crippen molar-refractivity contribution in [3.63, 3.8) is 0 Å². The number of carbonyl (C=O) groups is 1. The Morgan fingerprint density at radius 3 is 2.12 bits per heavy atom. The summed E-state index contributed by atoms with van der Waals surface area (Å²) >= 11 is 6.17. The molecule has 1 amide bonds. The molecule has 0 atom stereocenters. The number of hydrogen-bond acceptors (Lipinski definition) is 1. The molecular formula is C22H18ClNO. The molecule has 0 unspecified atom stereocenters. The number of rotatable bonds is 5. The van der Waals surface area contributed by atoms with Gasteiger partial charge in [-0.25, -0.2) is 0 Å². The summed E-state index contributed by atoms with van der Waals surface area (Å²) in [5.41, 5.74) is 3.38. The highest BCUT2D eigenvalue weighted by molar-refractivity contribution is 6.31. The van der Waals surface area contributed by atoms with E-state index in [9.17, 15) is 4.79 Å². The summed E-state index contributed by atoms with van der Waals surface area (Å²) < 4.78 is 0. The first kappa shape index (κ1) is 17.0. The zero-order valence-corrected chi connectivity index (χ0v) is 14.4. The van der Waals surface area contributed by atoms with Crippen molar-refractivity contribution >= 4 is 29.2 Å². The van der Waals surface area contributed by atoms with E-state index in [1.807, 2.05) is 91.0 Å². The fourth-order valence-electron chi connectivity index (χ4n) is 2.53.